The summed E-state index contributed by atoms with van der Waals surface area (Å²) in [5.74, 6) is 0. The van der Waals surface area contributed by atoms with E-state index in [-0.39, 0.29) is 0 Å². The van der Waals surface area contributed by atoms with Crippen molar-refractivity contribution in [3.8, 4) is 0 Å². The number of hydrogen-bond donors (Lipinski definition) is 0. The third-order valence-corrected chi connectivity index (χ3v) is 1.69. The second-order valence-electron chi connectivity index (χ2n) is 2.83. The molecule has 0 fully saturated rings. The van der Waals surface area contributed by atoms with Crippen LogP contribution in [0.3, 0.4) is 0 Å². The summed E-state index contributed by atoms with van der Waals surface area (Å²) in [6.45, 7) is 0. The molecular formula is C10H12ClN. The minimum Gasteiger partial charge on any atom is -0.383 e. The molecule has 12 heavy (non-hydrogen) atoms. The van der Waals surface area contributed by atoms with Crippen LogP contribution in [0.4, 0.5) is 0 Å². The maximum Gasteiger partial charge on any atom is 0.0406 e. The van der Waals surface area contributed by atoms with Gasteiger partial charge in [0.2, 0.25) is 0 Å². The highest BCUT2D eigenvalue weighted by molar-refractivity contribution is 6.30. The monoisotopic (exact) mass is 181 g/mol. The fourth-order valence-corrected chi connectivity index (χ4v) is 0.935. The van der Waals surface area contributed by atoms with Crippen molar-refractivity contribution >= 4 is 17.7 Å². The first-order valence-electron chi connectivity index (χ1n) is 3.78. The molecule has 0 amide bonds. The fraction of sp³-hybridized carbons (Fsp3) is 0.200. The van der Waals surface area contributed by atoms with E-state index in [0.29, 0.717) is 0 Å². The SMILES string of the molecule is CN(C)C=Cc1ccc(Cl)cc1. The molecule has 1 aromatic carbocycles. The molecule has 1 aromatic rings. The van der Waals surface area contributed by atoms with Crippen LogP contribution in [0.5, 0.6) is 0 Å². The first-order chi connectivity index (χ1) is 5.68. The summed E-state index contributed by atoms with van der Waals surface area (Å²) in [5.41, 5.74) is 1.16. The third kappa shape index (κ3) is 2.97. The Kier molecular flexibility index (Phi) is 3.18. The van der Waals surface area contributed by atoms with Crippen LogP contribution in [-0.4, -0.2) is 19.0 Å². The number of benzene rings is 1. The standard InChI is InChI=1S/C10H12ClN/c1-12(2)8-7-9-3-5-10(11)6-4-9/h3-8H,1-2H3. The van der Waals surface area contributed by atoms with Crippen molar-refractivity contribution in [2.45, 2.75) is 0 Å². The molecule has 0 radical (unpaired) electrons. The lowest BCUT2D eigenvalue weighted by Crippen LogP contribution is -1.99. The van der Waals surface area contributed by atoms with E-state index in [9.17, 15) is 0 Å². The lowest BCUT2D eigenvalue weighted by atomic mass is 10.2. The van der Waals surface area contributed by atoms with Gasteiger partial charge in [0.05, 0.1) is 0 Å². The average Bonchev–Trinajstić information content (AvgIpc) is 2.03. The molecule has 2 heteroatoms. The number of hydrogen-bond acceptors (Lipinski definition) is 1. The molecule has 0 aliphatic heterocycles. The number of rotatable bonds is 2. The molecule has 0 heterocycles. The molecular weight excluding hydrogens is 170 g/mol. The Hall–Kier alpha value is -0.950. The Bertz CT molecular complexity index is 262. The summed E-state index contributed by atoms with van der Waals surface area (Å²) in [5, 5.41) is 0.775. The van der Waals surface area contributed by atoms with Gasteiger partial charge in [0.1, 0.15) is 0 Å². The molecule has 1 rings (SSSR count). The molecule has 0 unspecified atom stereocenters. The van der Waals surface area contributed by atoms with Gasteiger partial charge in [-0.1, -0.05) is 23.7 Å². The smallest absolute Gasteiger partial charge is 0.0406 e. The number of nitrogens with zero attached hydrogens (tertiary/aromatic N) is 1. The van der Waals surface area contributed by atoms with Gasteiger partial charge in [-0.15, -0.1) is 0 Å². The van der Waals surface area contributed by atoms with Gasteiger partial charge >= 0.3 is 0 Å². The summed E-state index contributed by atoms with van der Waals surface area (Å²) >= 11 is 5.74. The molecule has 0 saturated carbocycles. The Morgan fingerprint density at radius 3 is 2.25 bits per heavy atom. The summed E-state index contributed by atoms with van der Waals surface area (Å²) in [7, 11) is 3.98. The topological polar surface area (TPSA) is 3.24 Å². The predicted octanol–water partition coefficient (Wildman–Crippen LogP) is 2.87. The Morgan fingerprint density at radius 2 is 1.75 bits per heavy atom. The molecule has 0 atom stereocenters. The molecule has 0 N–H and O–H groups in total. The maximum atomic E-state index is 5.74. The van der Waals surface area contributed by atoms with E-state index in [4.69, 9.17) is 11.6 Å². The Labute approximate surface area is 78.3 Å². The Balaban J connectivity index is 2.71. The maximum absolute atomic E-state index is 5.74. The molecule has 1 nitrogen and oxygen atoms in total. The highest BCUT2D eigenvalue weighted by Gasteiger charge is 1.86. The van der Waals surface area contributed by atoms with Gasteiger partial charge in [0.25, 0.3) is 0 Å². The normalized spacial score (nSPS) is 10.6. The van der Waals surface area contributed by atoms with Crippen LogP contribution in [0, 0.1) is 0 Å². The van der Waals surface area contributed by atoms with E-state index < -0.39 is 0 Å². The first kappa shape index (κ1) is 9.14. The number of halogens is 1. The van der Waals surface area contributed by atoms with Crippen molar-refractivity contribution in [1.82, 2.24) is 4.90 Å². The van der Waals surface area contributed by atoms with Crippen LogP contribution in [0.15, 0.2) is 30.5 Å². The molecule has 0 saturated heterocycles. The van der Waals surface area contributed by atoms with E-state index in [2.05, 4.69) is 0 Å². The molecule has 0 aromatic heterocycles. The molecule has 64 valence electrons. The predicted molar refractivity (Wildman–Crippen MR) is 54.2 cm³/mol. The molecule has 0 bridgehead atoms. The third-order valence-electron chi connectivity index (χ3n) is 1.44. The van der Waals surface area contributed by atoms with E-state index in [0.717, 1.165) is 10.6 Å². The minimum atomic E-state index is 0.775. The van der Waals surface area contributed by atoms with Crippen LogP contribution in [0.1, 0.15) is 5.56 Å². The Morgan fingerprint density at radius 1 is 1.17 bits per heavy atom. The van der Waals surface area contributed by atoms with Crippen LogP contribution < -0.4 is 0 Å². The fourth-order valence-electron chi connectivity index (χ4n) is 0.809. The minimum absolute atomic E-state index is 0.775. The van der Waals surface area contributed by atoms with Crippen molar-refractivity contribution in [2.75, 3.05) is 14.1 Å². The lowest BCUT2D eigenvalue weighted by molar-refractivity contribution is 0.567. The highest BCUT2D eigenvalue weighted by atomic mass is 35.5. The average molecular weight is 182 g/mol. The zero-order valence-electron chi connectivity index (χ0n) is 7.29. The highest BCUT2D eigenvalue weighted by Crippen LogP contribution is 2.10. The summed E-state index contributed by atoms with van der Waals surface area (Å²) in [6.07, 6.45) is 4.04. The van der Waals surface area contributed by atoms with Gasteiger partial charge in [0, 0.05) is 19.1 Å². The van der Waals surface area contributed by atoms with E-state index >= 15 is 0 Å². The largest absolute Gasteiger partial charge is 0.383 e. The van der Waals surface area contributed by atoms with Crippen LogP contribution in [0.25, 0.3) is 6.08 Å². The van der Waals surface area contributed by atoms with Crippen molar-refractivity contribution in [3.05, 3.63) is 41.1 Å². The quantitative estimate of drug-likeness (QED) is 0.678. The van der Waals surface area contributed by atoms with Gasteiger partial charge in [-0.3, -0.25) is 0 Å². The molecule has 0 spiro atoms. The van der Waals surface area contributed by atoms with Gasteiger partial charge in [-0.2, -0.15) is 0 Å². The van der Waals surface area contributed by atoms with E-state index in [1.165, 1.54) is 0 Å². The second-order valence-corrected chi connectivity index (χ2v) is 3.27. The van der Waals surface area contributed by atoms with Crippen molar-refractivity contribution in [2.24, 2.45) is 0 Å². The first-order valence-corrected chi connectivity index (χ1v) is 4.16. The van der Waals surface area contributed by atoms with E-state index in [1.807, 2.05) is 55.5 Å². The van der Waals surface area contributed by atoms with Crippen molar-refractivity contribution in [1.29, 1.82) is 0 Å². The molecule has 0 aliphatic rings. The van der Waals surface area contributed by atoms with E-state index in [1.54, 1.807) is 0 Å². The van der Waals surface area contributed by atoms with Gasteiger partial charge in [-0.05, 0) is 30.0 Å². The zero-order valence-corrected chi connectivity index (χ0v) is 8.05. The van der Waals surface area contributed by atoms with Crippen molar-refractivity contribution < 1.29 is 0 Å². The summed E-state index contributed by atoms with van der Waals surface area (Å²) < 4.78 is 0. The second kappa shape index (κ2) is 4.17. The van der Waals surface area contributed by atoms with Gasteiger partial charge in [-0.25, -0.2) is 0 Å². The summed E-state index contributed by atoms with van der Waals surface area (Å²) in [4.78, 5) is 1.99. The van der Waals surface area contributed by atoms with Gasteiger partial charge in [0.15, 0.2) is 0 Å². The molecule has 0 aliphatic carbocycles. The van der Waals surface area contributed by atoms with Crippen LogP contribution >= 0.6 is 11.6 Å². The van der Waals surface area contributed by atoms with Crippen LogP contribution in [-0.2, 0) is 0 Å². The zero-order chi connectivity index (χ0) is 8.97. The summed E-state index contributed by atoms with van der Waals surface area (Å²) in [6, 6.07) is 7.75. The van der Waals surface area contributed by atoms with Crippen LogP contribution in [0.2, 0.25) is 5.02 Å². The van der Waals surface area contributed by atoms with Crippen molar-refractivity contribution in [3.63, 3.8) is 0 Å². The van der Waals surface area contributed by atoms with Gasteiger partial charge < -0.3 is 4.90 Å². The lowest BCUT2D eigenvalue weighted by Gasteiger charge is -2.02.